The van der Waals surface area contributed by atoms with Gasteiger partial charge in [0.1, 0.15) is 12.4 Å². The van der Waals surface area contributed by atoms with Crippen molar-refractivity contribution in [3.8, 4) is 5.75 Å². The largest absolute Gasteiger partial charge is 0.489 e. The van der Waals surface area contributed by atoms with E-state index in [0.29, 0.717) is 6.61 Å². The van der Waals surface area contributed by atoms with Gasteiger partial charge >= 0.3 is 0 Å². The maximum absolute atomic E-state index is 12.4. The Hall–Kier alpha value is -3.40. The number of benzene rings is 3. The summed E-state index contributed by atoms with van der Waals surface area (Å²) in [6.45, 7) is 2.53. The maximum atomic E-state index is 12.4. The van der Waals surface area contributed by atoms with Gasteiger partial charge in [-0.1, -0.05) is 67.6 Å². The summed E-state index contributed by atoms with van der Waals surface area (Å²) in [6, 6.07) is 27.4. The number of hydrazone groups is 1. The predicted octanol–water partition coefficient (Wildman–Crippen LogP) is 4.91. The Morgan fingerprint density at radius 3 is 2.25 bits per heavy atom. The molecule has 4 nitrogen and oxygen atoms in total. The molecule has 1 N–H and O–H groups in total. The van der Waals surface area contributed by atoms with E-state index in [0.717, 1.165) is 28.9 Å². The average molecular weight is 372 g/mol. The summed E-state index contributed by atoms with van der Waals surface area (Å²) < 4.78 is 5.77. The first-order valence-corrected chi connectivity index (χ1v) is 9.41. The van der Waals surface area contributed by atoms with Gasteiger partial charge in [0.15, 0.2) is 0 Å². The van der Waals surface area contributed by atoms with Gasteiger partial charge in [-0.3, -0.25) is 4.79 Å². The van der Waals surface area contributed by atoms with E-state index in [1.165, 1.54) is 0 Å². The molecule has 1 unspecified atom stereocenters. The fraction of sp³-hybridized carbons (Fsp3) is 0.167. The van der Waals surface area contributed by atoms with Gasteiger partial charge in [0.25, 0.3) is 0 Å². The molecular formula is C24H24N2O2. The second-order valence-corrected chi connectivity index (χ2v) is 6.45. The number of ether oxygens (including phenoxy) is 1. The highest BCUT2D eigenvalue weighted by molar-refractivity contribution is 5.86. The fourth-order valence-corrected chi connectivity index (χ4v) is 2.90. The Morgan fingerprint density at radius 1 is 0.964 bits per heavy atom. The zero-order chi connectivity index (χ0) is 19.6. The van der Waals surface area contributed by atoms with E-state index in [1.807, 2.05) is 91.9 Å². The lowest BCUT2D eigenvalue weighted by Gasteiger charge is -2.12. The molecule has 142 valence electrons. The van der Waals surface area contributed by atoms with Crippen LogP contribution in [0.5, 0.6) is 5.75 Å². The van der Waals surface area contributed by atoms with Crippen LogP contribution in [-0.4, -0.2) is 12.1 Å². The van der Waals surface area contributed by atoms with Crippen LogP contribution in [0.2, 0.25) is 0 Å². The van der Waals surface area contributed by atoms with Gasteiger partial charge in [0, 0.05) is 0 Å². The monoisotopic (exact) mass is 372 g/mol. The van der Waals surface area contributed by atoms with Crippen LogP contribution in [0.25, 0.3) is 0 Å². The van der Waals surface area contributed by atoms with Crippen LogP contribution in [0.4, 0.5) is 0 Å². The van der Waals surface area contributed by atoms with E-state index in [1.54, 1.807) is 6.21 Å². The first kappa shape index (κ1) is 19.4. The van der Waals surface area contributed by atoms with E-state index in [-0.39, 0.29) is 11.8 Å². The van der Waals surface area contributed by atoms with Crippen molar-refractivity contribution in [1.82, 2.24) is 5.43 Å². The smallest absolute Gasteiger partial charge is 0.247 e. The second kappa shape index (κ2) is 10.1. The van der Waals surface area contributed by atoms with Crippen LogP contribution in [0.3, 0.4) is 0 Å². The third kappa shape index (κ3) is 5.55. The zero-order valence-corrected chi connectivity index (χ0v) is 15.9. The van der Waals surface area contributed by atoms with Crippen LogP contribution in [0.1, 0.15) is 36.0 Å². The van der Waals surface area contributed by atoms with Gasteiger partial charge in [-0.15, -0.1) is 0 Å². The Bertz CT molecular complexity index is 891. The summed E-state index contributed by atoms with van der Waals surface area (Å²) in [7, 11) is 0. The average Bonchev–Trinajstić information content (AvgIpc) is 2.75. The van der Waals surface area contributed by atoms with E-state index in [9.17, 15) is 4.79 Å². The highest BCUT2D eigenvalue weighted by atomic mass is 16.5. The van der Waals surface area contributed by atoms with Gasteiger partial charge in [-0.25, -0.2) is 5.43 Å². The Labute approximate surface area is 165 Å². The van der Waals surface area contributed by atoms with Gasteiger partial charge < -0.3 is 4.74 Å². The third-order valence-corrected chi connectivity index (χ3v) is 4.44. The summed E-state index contributed by atoms with van der Waals surface area (Å²) in [5, 5.41) is 4.09. The molecule has 0 bridgehead atoms. The minimum atomic E-state index is -0.202. The molecular weight excluding hydrogens is 348 g/mol. The highest BCUT2D eigenvalue weighted by Gasteiger charge is 2.17. The van der Waals surface area contributed by atoms with Crippen molar-refractivity contribution >= 4 is 12.1 Å². The molecule has 0 aliphatic rings. The van der Waals surface area contributed by atoms with Gasteiger partial charge in [-0.2, -0.15) is 5.10 Å². The number of carbonyl (C=O) groups is 1. The second-order valence-electron chi connectivity index (χ2n) is 6.45. The van der Waals surface area contributed by atoms with Crippen LogP contribution in [0.15, 0.2) is 90.0 Å². The van der Waals surface area contributed by atoms with Crippen molar-refractivity contribution in [2.75, 3.05) is 0 Å². The van der Waals surface area contributed by atoms with Crippen LogP contribution >= 0.6 is 0 Å². The van der Waals surface area contributed by atoms with Crippen molar-refractivity contribution in [1.29, 1.82) is 0 Å². The molecule has 0 saturated carbocycles. The minimum Gasteiger partial charge on any atom is -0.489 e. The van der Waals surface area contributed by atoms with Crippen LogP contribution in [-0.2, 0) is 11.4 Å². The molecule has 0 spiro atoms. The lowest BCUT2D eigenvalue weighted by molar-refractivity contribution is -0.122. The first-order chi connectivity index (χ1) is 13.8. The minimum absolute atomic E-state index is 0.104. The van der Waals surface area contributed by atoms with E-state index < -0.39 is 0 Å². The quantitative estimate of drug-likeness (QED) is 0.451. The molecule has 0 saturated heterocycles. The third-order valence-electron chi connectivity index (χ3n) is 4.44. The van der Waals surface area contributed by atoms with Gasteiger partial charge in [-0.05, 0) is 47.4 Å². The molecule has 0 aliphatic heterocycles. The number of hydrogen-bond donors (Lipinski definition) is 1. The van der Waals surface area contributed by atoms with E-state index >= 15 is 0 Å². The molecule has 4 heteroatoms. The van der Waals surface area contributed by atoms with E-state index in [4.69, 9.17) is 4.74 Å². The SMILES string of the molecule is CCC(C(=O)N/N=C/c1ccc(OCc2ccccc2)cc1)c1ccccc1. The molecule has 0 radical (unpaired) electrons. The molecule has 28 heavy (non-hydrogen) atoms. The number of amides is 1. The number of hydrogen-bond acceptors (Lipinski definition) is 3. The lowest BCUT2D eigenvalue weighted by atomic mass is 9.96. The van der Waals surface area contributed by atoms with Crippen LogP contribution in [0, 0.1) is 0 Å². The summed E-state index contributed by atoms with van der Waals surface area (Å²) in [5.74, 6) is 0.486. The molecule has 0 aliphatic carbocycles. The van der Waals surface area contributed by atoms with Crippen molar-refractivity contribution in [2.45, 2.75) is 25.9 Å². The van der Waals surface area contributed by atoms with Gasteiger partial charge in [0.05, 0.1) is 12.1 Å². The number of rotatable bonds is 8. The first-order valence-electron chi connectivity index (χ1n) is 9.41. The number of nitrogens with zero attached hydrogens (tertiary/aromatic N) is 1. The molecule has 1 amide bonds. The Kier molecular flexibility index (Phi) is 6.96. The topological polar surface area (TPSA) is 50.7 Å². The maximum Gasteiger partial charge on any atom is 0.247 e. The van der Waals surface area contributed by atoms with E-state index in [2.05, 4.69) is 10.5 Å². The standard InChI is InChI=1S/C24H24N2O2/c1-2-23(21-11-7-4-8-12-21)24(27)26-25-17-19-13-15-22(16-14-19)28-18-20-9-5-3-6-10-20/h3-17,23H,2,18H2,1H3,(H,26,27)/b25-17+. The zero-order valence-electron chi connectivity index (χ0n) is 15.9. The summed E-state index contributed by atoms with van der Waals surface area (Å²) in [4.78, 5) is 12.4. The normalized spacial score (nSPS) is 11.9. The molecule has 0 fully saturated rings. The van der Waals surface area contributed by atoms with Crippen LogP contribution < -0.4 is 10.2 Å². The Morgan fingerprint density at radius 2 is 1.61 bits per heavy atom. The Balaban J connectivity index is 1.52. The summed E-state index contributed by atoms with van der Waals surface area (Å²) in [6.07, 6.45) is 2.36. The van der Waals surface area contributed by atoms with Crippen molar-refractivity contribution in [3.05, 3.63) is 102 Å². The highest BCUT2D eigenvalue weighted by Crippen LogP contribution is 2.19. The fourth-order valence-electron chi connectivity index (χ4n) is 2.90. The molecule has 3 aromatic rings. The number of carbonyl (C=O) groups excluding carboxylic acids is 1. The molecule has 3 aromatic carbocycles. The van der Waals surface area contributed by atoms with Crippen molar-refractivity contribution in [2.24, 2.45) is 5.10 Å². The lowest BCUT2D eigenvalue weighted by Crippen LogP contribution is -2.25. The van der Waals surface area contributed by atoms with Crippen molar-refractivity contribution < 1.29 is 9.53 Å². The predicted molar refractivity (Wildman–Crippen MR) is 112 cm³/mol. The number of nitrogens with one attached hydrogen (secondary N) is 1. The van der Waals surface area contributed by atoms with Crippen molar-refractivity contribution in [3.63, 3.8) is 0 Å². The molecule has 0 aromatic heterocycles. The molecule has 1 atom stereocenters. The van der Waals surface area contributed by atoms with Gasteiger partial charge in [0.2, 0.25) is 5.91 Å². The summed E-state index contributed by atoms with van der Waals surface area (Å²) in [5.41, 5.74) is 5.65. The molecule has 3 rings (SSSR count). The molecule has 0 heterocycles. The summed E-state index contributed by atoms with van der Waals surface area (Å²) >= 11 is 0.